The number of aliphatic hydroxyl groups is 1. The smallest absolute Gasteiger partial charge is 0.128 e. The van der Waals surface area contributed by atoms with E-state index < -0.39 is 6.10 Å². The molecule has 1 N–H and O–H groups in total. The summed E-state index contributed by atoms with van der Waals surface area (Å²) in [5, 5.41) is 10.2. The molecule has 0 aromatic heterocycles. The third-order valence-electron chi connectivity index (χ3n) is 2.49. The fourth-order valence-corrected chi connectivity index (χ4v) is 1.77. The molecule has 0 saturated carbocycles. The standard InChI is InChI=1S/C13H20O3/c1-9(2)8-10(14)13-11(15-3)6-5-7-12(13)16-4/h5-7,9-10,14H,8H2,1-4H3. The van der Waals surface area contributed by atoms with Crippen molar-refractivity contribution in [1.82, 2.24) is 0 Å². The lowest BCUT2D eigenvalue weighted by molar-refractivity contribution is 0.143. The topological polar surface area (TPSA) is 38.7 Å². The van der Waals surface area contributed by atoms with E-state index in [0.29, 0.717) is 23.8 Å². The van der Waals surface area contributed by atoms with Crippen LogP contribution >= 0.6 is 0 Å². The molecular formula is C13H20O3. The maximum absolute atomic E-state index is 10.2. The maximum atomic E-state index is 10.2. The minimum Gasteiger partial charge on any atom is -0.496 e. The van der Waals surface area contributed by atoms with Crippen LogP contribution in [0.15, 0.2) is 18.2 Å². The molecule has 3 heteroatoms. The molecule has 0 bridgehead atoms. The monoisotopic (exact) mass is 224 g/mol. The molecule has 0 amide bonds. The first-order chi connectivity index (χ1) is 7.60. The van der Waals surface area contributed by atoms with Crippen molar-refractivity contribution < 1.29 is 14.6 Å². The Morgan fingerprint density at radius 1 is 1.12 bits per heavy atom. The number of rotatable bonds is 5. The third-order valence-corrected chi connectivity index (χ3v) is 2.49. The average Bonchev–Trinajstić information content (AvgIpc) is 2.26. The van der Waals surface area contributed by atoms with Crippen LogP contribution in [0.25, 0.3) is 0 Å². The van der Waals surface area contributed by atoms with Gasteiger partial charge in [-0.15, -0.1) is 0 Å². The van der Waals surface area contributed by atoms with E-state index in [2.05, 4.69) is 13.8 Å². The first-order valence-corrected chi connectivity index (χ1v) is 5.49. The molecule has 0 aliphatic carbocycles. The highest BCUT2D eigenvalue weighted by Crippen LogP contribution is 2.36. The van der Waals surface area contributed by atoms with Gasteiger partial charge >= 0.3 is 0 Å². The minimum atomic E-state index is -0.550. The van der Waals surface area contributed by atoms with Crippen molar-refractivity contribution >= 4 is 0 Å². The summed E-state index contributed by atoms with van der Waals surface area (Å²) in [6.07, 6.45) is 0.141. The van der Waals surface area contributed by atoms with Crippen LogP contribution in [0.4, 0.5) is 0 Å². The second kappa shape index (κ2) is 5.75. The highest BCUT2D eigenvalue weighted by Gasteiger charge is 2.19. The highest BCUT2D eigenvalue weighted by molar-refractivity contribution is 5.46. The molecule has 0 aliphatic rings. The highest BCUT2D eigenvalue weighted by atomic mass is 16.5. The van der Waals surface area contributed by atoms with E-state index in [1.54, 1.807) is 14.2 Å². The van der Waals surface area contributed by atoms with Gasteiger partial charge in [-0.3, -0.25) is 0 Å². The van der Waals surface area contributed by atoms with Crippen molar-refractivity contribution in [2.75, 3.05) is 14.2 Å². The average molecular weight is 224 g/mol. The van der Waals surface area contributed by atoms with Gasteiger partial charge in [-0.05, 0) is 24.5 Å². The Labute approximate surface area is 97.0 Å². The zero-order chi connectivity index (χ0) is 12.1. The minimum absolute atomic E-state index is 0.421. The van der Waals surface area contributed by atoms with E-state index >= 15 is 0 Å². The molecule has 0 radical (unpaired) electrons. The predicted octanol–water partition coefficient (Wildman–Crippen LogP) is 2.78. The summed E-state index contributed by atoms with van der Waals surface area (Å²) in [7, 11) is 3.20. The van der Waals surface area contributed by atoms with E-state index in [4.69, 9.17) is 9.47 Å². The van der Waals surface area contributed by atoms with Gasteiger partial charge in [-0.1, -0.05) is 19.9 Å². The Kier molecular flexibility index (Phi) is 4.62. The molecule has 1 unspecified atom stereocenters. The van der Waals surface area contributed by atoms with Crippen molar-refractivity contribution in [3.63, 3.8) is 0 Å². The number of hydrogen-bond donors (Lipinski definition) is 1. The molecular weight excluding hydrogens is 204 g/mol. The molecule has 90 valence electrons. The summed E-state index contributed by atoms with van der Waals surface area (Å²) < 4.78 is 10.5. The predicted molar refractivity (Wildman–Crippen MR) is 64.0 cm³/mol. The summed E-state index contributed by atoms with van der Waals surface area (Å²) in [5.74, 6) is 1.77. The Balaban J connectivity index is 3.07. The van der Waals surface area contributed by atoms with E-state index in [1.165, 1.54) is 0 Å². The van der Waals surface area contributed by atoms with E-state index in [-0.39, 0.29) is 0 Å². The van der Waals surface area contributed by atoms with Crippen molar-refractivity contribution in [2.24, 2.45) is 5.92 Å². The number of hydrogen-bond acceptors (Lipinski definition) is 3. The fraction of sp³-hybridized carbons (Fsp3) is 0.538. The first kappa shape index (κ1) is 12.8. The van der Waals surface area contributed by atoms with Gasteiger partial charge in [0.2, 0.25) is 0 Å². The molecule has 0 aliphatic heterocycles. The molecule has 1 aromatic carbocycles. The van der Waals surface area contributed by atoms with Crippen molar-refractivity contribution in [2.45, 2.75) is 26.4 Å². The quantitative estimate of drug-likeness (QED) is 0.835. The normalized spacial score (nSPS) is 12.6. The van der Waals surface area contributed by atoms with E-state index in [1.807, 2.05) is 18.2 Å². The van der Waals surface area contributed by atoms with Crippen molar-refractivity contribution in [1.29, 1.82) is 0 Å². The van der Waals surface area contributed by atoms with Crippen LogP contribution in [0.5, 0.6) is 11.5 Å². The number of ether oxygens (including phenoxy) is 2. The number of benzene rings is 1. The van der Waals surface area contributed by atoms with Gasteiger partial charge in [0.05, 0.1) is 25.9 Å². The van der Waals surface area contributed by atoms with Crippen LogP contribution in [0.1, 0.15) is 31.9 Å². The van der Waals surface area contributed by atoms with Crippen LogP contribution in [-0.2, 0) is 0 Å². The van der Waals surface area contributed by atoms with Crippen LogP contribution in [0.2, 0.25) is 0 Å². The number of aliphatic hydroxyl groups excluding tert-OH is 1. The largest absolute Gasteiger partial charge is 0.496 e. The van der Waals surface area contributed by atoms with Crippen molar-refractivity contribution in [3.8, 4) is 11.5 Å². The van der Waals surface area contributed by atoms with Crippen molar-refractivity contribution in [3.05, 3.63) is 23.8 Å². The summed E-state index contributed by atoms with van der Waals surface area (Å²) in [5.41, 5.74) is 0.737. The molecule has 1 atom stereocenters. The lowest BCUT2D eigenvalue weighted by Crippen LogP contribution is -2.06. The molecule has 1 rings (SSSR count). The molecule has 0 heterocycles. The Hall–Kier alpha value is -1.22. The first-order valence-electron chi connectivity index (χ1n) is 5.49. The summed E-state index contributed by atoms with van der Waals surface area (Å²) in [6, 6.07) is 5.52. The fourth-order valence-electron chi connectivity index (χ4n) is 1.77. The van der Waals surface area contributed by atoms with Crippen LogP contribution in [0, 0.1) is 5.92 Å². The maximum Gasteiger partial charge on any atom is 0.128 e. The second-order valence-electron chi connectivity index (χ2n) is 4.22. The van der Waals surface area contributed by atoms with Gasteiger partial charge in [0.1, 0.15) is 11.5 Å². The molecule has 0 spiro atoms. The van der Waals surface area contributed by atoms with Gasteiger partial charge < -0.3 is 14.6 Å². The van der Waals surface area contributed by atoms with Gasteiger partial charge in [0.25, 0.3) is 0 Å². The summed E-state index contributed by atoms with van der Waals surface area (Å²) in [4.78, 5) is 0. The number of methoxy groups -OCH3 is 2. The Bertz CT molecular complexity index is 312. The van der Waals surface area contributed by atoms with Crippen LogP contribution in [-0.4, -0.2) is 19.3 Å². The second-order valence-corrected chi connectivity index (χ2v) is 4.22. The Morgan fingerprint density at radius 3 is 2.00 bits per heavy atom. The molecule has 0 fully saturated rings. The van der Waals surface area contributed by atoms with E-state index in [9.17, 15) is 5.11 Å². The summed E-state index contributed by atoms with van der Waals surface area (Å²) in [6.45, 7) is 4.15. The Morgan fingerprint density at radius 2 is 1.62 bits per heavy atom. The van der Waals surface area contributed by atoms with Gasteiger partial charge in [-0.25, -0.2) is 0 Å². The molecule has 16 heavy (non-hydrogen) atoms. The van der Waals surface area contributed by atoms with Gasteiger partial charge in [-0.2, -0.15) is 0 Å². The lowest BCUT2D eigenvalue weighted by atomic mass is 9.98. The molecule has 1 aromatic rings. The van der Waals surface area contributed by atoms with Crippen LogP contribution < -0.4 is 9.47 Å². The summed E-state index contributed by atoms with van der Waals surface area (Å²) >= 11 is 0. The van der Waals surface area contributed by atoms with Gasteiger partial charge in [0, 0.05) is 0 Å². The SMILES string of the molecule is COc1cccc(OC)c1C(O)CC(C)C. The van der Waals surface area contributed by atoms with E-state index in [0.717, 1.165) is 5.56 Å². The zero-order valence-corrected chi connectivity index (χ0v) is 10.4. The van der Waals surface area contributed by atoms with Crippen LogP contribution in [0.3, 0.4) is 0 Å². The van der Waals surface area contributed by atoms with Gasteiger partial charge in [0.15, 0.2) is 0 Å². The molecule has 0 saturated heterocycles. The zero-order valence-electron chi connectivity index (χ0n) is 10.4. The third kappa shape index (κ3) is 2.89. The molecule has 3 nitrogen and oxygen atoms in total. The lowest BCUT2D eigenvalue weighted by Gasteiger charge is -2.19.